The maximum Gasteiger partial charge on any atom is 0.354 e. The number of fused-ring (bicyclic) bond motifs is 1. The van der Waals surface area contributed by atoms with Crippen LogP contribution < -0.4 is 11.0 Å². The lowest BCUT2D eigenvalue weighted by atomic mass is 10.1. The Hall–Kier alpha value is -3.19. The Morgan fingerprint density at radius 3 is 2.71 bits per heavy atom. The zero-order chi connectivity index (χ0) is 19.3. The molecule has 1 aliphatic carbocycles. The number of halogens is 1. The third-order valence-electron chi connectivity index (χ3n) is 4.81. The number of para-hydroxylation sites is 1. The van der Waals surface area contributed by atoms with Crippen molar-refractivity contribution in [2.75, 3.05) is 5.32 Å². The van der Waals surface area contributed by atoms with Crippen LogP contribution in [0.25, 0.3) is 16.6 Å². The van der Waals surface area contributed by atoms with Crippen molar-refractivity contribution >= 4 is 34.3 Å². The normalized spacial score (nSPS) is 13.8. The lowest BCUT2D eigenvalue weighted by Gasteiger charge is -2.14. The molecule has 0 radical (unpaired) electrons. The molecule has 1 saturated carbocycles. The van der Waals surface area contributed by atoms with E-state index in [1.807, 2.05) is 30.3 Å². The van der Waals surface area contributed by atoms with E-state index in [9.17, 15) is 4.79 Å². The van der Waals surface area contributed by atoms with Crippen molar-refractivity contribution in [3.63, 3.8) is 0 Å². The van der Waals surface area contributed by atoms with Crippen LogP contribution in [0.1, 0.15) is 30.1 Å². The number of nitrogens with zero attached hydrogens (tertiary/aromatic N) is 4. The van der Waals surface area contributed by atoms with Crippen LogP contribution in [0.3, 0.4) is 0 Å². The molecule has 4 aromatic rings. The molecule has 1 N–H and O–H groups in total. The molecule has 0 spiro atoms. The van der Waals surface area contributed by atoms with Gasteiger partial charge >= 0.3 is 11.7 Å². The number of aromatic nitrogens is 4. The SMILES string of the molecule is Cc1noc(Nc2nc(=O)n(-c3ccccc3Cl)c3cc(C4CC4)ccc23)n1. The summed E-state index contributed by atoms with van der Waals surface area (Å²) in [6.07, 6.45) is 2.33. The van der Waals surface area contributed by atoms with E-state index in [0.717, 1.165) is 10.9 Å². The maximum absolute atomic E-state index is 13.0. The van der Waals surface area contributed by atoms with Crippen LogP contribution in [0.15, 0.2) is 51.8 Å². The van der Waals surface area contributed by atoms with E-state index >= 15 is 0 Å². The first-order valence-corrected chi connectivity index (χ1v) is 9.37. The van der Waals surface area contributed by atoms with Gasteiger partial charge in [-0.1, -0.05) is 35.0 Å². The zero-order valence-corrected chi connectivity index (χ0v) is 15.8. The maximum atomic E-state index is 13.0. The second kappa shape index (κ2) is 6.45. The number of hydrogen-bond donors (Lipinski definition) is 1. The molecule has 2 aromatic carbocycles. The molecule has 7 nitrogen and oxygen atoms in total. The van der Waals surface area contributed by atoms with Crippen LogP contribution in [0.4, 0.5) is 11.8 Å². The van der Waals surface area contributed by atoms with Gasteiger partial charge in [0, 0.05) is 5.39 Å². The predicted octanol–water partition coefficient (Wildman–Crippen LogP) is 4.35. The highest BCUT2D eigenvalue weighted by Gasteiger charge is 2.25. The fraction of sp³-hybridized carbons (Fsp3) is 0.200. The van der Waals surface area contributed by atoms with Gasteiger partial charge in [0.2, 0.25) is 0 Å². The van der Waals surface area contributed by atoms with E-state index in [1.165, 1.54) is 18.4 Å². The van der Waals surface area contributed by atoms with Crippen LogP contribution in [-0.4, -0.2) is 19.7 Å². The Morgan fingerprint density at radius 1 is 1.18 bits per heavy atom. The van der Waals surface area contributed by atoms with Crippen molar-refractivity contribution in [2.24, 2.45) is 0 Å². The van der Waals surface area contributed by atoms with E-state index < -0.39 is 5.69 Å². The van der Waals surface area contributed by atoms with E-state index in [0.29, 0.717) is 28.3 Å². The summed E-state index contributed by atoms with van der Waals surface area (Å²) >= 11 is 6.38. The van der Waals surface area contributed by atoms with Crippen LogP contribution in [0.5, 0.6) is 0 Å². The lowest BCUT2D eigenvalue weighted by Crippen LogP contribution is -2.23. The fourth-order valence-corrected chi connectivity index (χ4v) is 3.54. The minimum absolute atomic E-state index is 0.187. The predicted molar refractivity (Wildman–Crippen MR) is 107 cm³/mol. The van der Waals surface area contributed by atoms with Crippen molar-refractivity contribution in [1.29, 1.82) is 0 Å². The Balaban J connectivity index is 1.76. The summed E-state index contributed by atoms with van der Waals surface area (Å²) in [5.41, 5.74) is 2.10. The molecule has 5 rings (SSSR count). The zero-order valence-electron chi connectivity index (χ0n) is 15.0. The van der Waals surface area contributed by atoms with Gasteiger partial charge in [-0.05, 0) is 55.5 Å². The first kappa shape index (κ1) is 16.9. The smallest absolute Gasteiger partial charge is 0.315 e. The summed E-state index contributed by atoms with van der Waals surface area (Å²) in [6.45, 7) is 1.72. The van der Waals surface area contributed by atoms with Crippen LogP contribution in [0.2, 0.25) is 5.02 Å². The van der Waals surface area contributed by atoms with Gasteiger partial charge in [0.05, 0.1) is 16.2 Å². The highest BCUT2D eigenvalue weighted by molar-refractivity contribution is 6.32. The molecule has 0 bridgehead atoms. The number of nitrogens with one attached hydrogen (secondary N) is 1. The van der Waals surface area contributed by atoms with Crippen LogP contribution in [0, 0.1) is 6.92 Å². The molecule has 1 aliphatic rings. The van der Waals surface area contributed by atoms with Gasteiger partial charge in [0.15, 0.2) is 5.82 Å². The van der Waals surface area contributed by atoms with Crippen molar-refractivity contribution in [2.45, 2.75) is 25.7 Å². The topological polar surface area (TPSA) is 85.8 Å². The van der Waals surface area contributed by atoms with E-state index in [2.05, 4.69) is 26.5 Å². The minimum atomic E-state index is -0.438. The fourth-order valence-electron chi connectivity index (χ4n) is 3.32. The first-order valence-electron chi connectivity index (χ1n) is 8.99. The van der Waals surface area contributed by atoms with Gasteiger partial charge < -0.3 is 4.52 Å². The molecule has 140 valence electrons. The molecule has 0 unspecified atom stereocenters. The molecule has 2 heterocycles. The standard InChI is InChI=1S/C20H16ClN5O2/c1-11-22-19(28-25-11)23-18-14-9-8-13(12-6-7-12)10-17(14)26(20(27)24-18)16-5-3-2-4-15(16)21/h2-5,8-10,12H,6-7H2,1H3,(H,22,23,24,25,27). The van der Waals surface area contributed by atoms with Gasteiger partial charge in [-0.3, -0.25) is 9.88 Å². The Labute approximate surface area is 165 Å². The first-order chi connectivity index (χ1) is 13.6. The highest BCUT2D eigenvalue weighted by Crippen LogP contribution is 2.41. The summed E-state index contributed by atoms with van der Waals surface area (Å²) in [5.74, 6) is 1.41. The van der Waals surface area contributed by atoms with Crippen molar-refractivity contribution in [3.05, 3.63) is 69.4 Å². The molecular weight excluding hydrogens is 378 g/mol. The summed E-state index contributed by atoms with van der Waals surface area (Å²) in [5, 5.41) is 7.98. The number of aryl methyl sites for hydroxylation is 1. The van der Waals surface area contributed by atoms with Gasteiger partial charge in [-0.2, -0.15) is 9.97 Å². The Kier molecular flexibility index (Phi) is 3.91. The molecule has 0 aliphatic heterocycles. The molecular formula is C20H16ClN5O2. The van der Waals surface area contributed by atoms with Crippen molar-refractivity contribution < 1.29 is 4.52 Å². The van der Waals surface area contributed by atoms with Gasteiger partial charge in [-0.15, -0.1) is 0 Å². The number of hydrogen-bond acceptors (Lipinski definition) is 6. The largest absolute Gasteiger partial charge is 0.354 e. The van der Waals surface area contributed by atoms with Gasteiger partial charge in [-0.25, -0.2) is 4.79 Å². The van der Waals surface area contributed by atoms with Crippen molar-refractivity contribution in [1.82, 2.24) is 19.7 Å². The summed E-state index contributed by atoms with van der Waals surface area (Å²) in [4.78, 5) is 21.3. The minimum Gasteiger partial charge on any atom is -0.315 e. The third-order valence-corrected chi connectivity index (χ3v) is 5.13. The Morgan fingerprint density at radius 2 is 2.00 bits per heavy atom. The average molecular weight is 394 g/mol. The van der Waals surface area contributed by atoms with Crippen LogP contribution >= 0.6 is 11.6 Å². The van der Waals surface area contributed by atoms with E-state index in [4.69, 9.17) is 16.1 Å². The summed E-state index contributed by atoms with van der Waals surface area (Å²) < 4.78 is 6.67. The van der Waals surface area contributed by atoms with Gasteiger partial charge in [0.25, 0.3) is 0 Å². The highest BCUT2D eigenvalue weighted by atomic mass is 35.5. The van der Waals surface area contributed by atoms with Gasteiger partial charge in [0.1, 0.15) is 5.82 Å². The molecule has 0 saturated heterocycles. The molecule has 2 aromatic heterocycles. The average Bonchev–Trinajstić information content (AvgIpc) is 3.45. The monoisotopic (exact) mass is 393 g/mol. The lowest BCUT2D eigenvalue weighted by molar-refractivity contribution is 0.428. The van der Waals surface area contributed by atoms with E-state index in [1.54, 1.807) is 17.6 Å². The molecule has 28 heavy (non-hydrogen) atoms. The Bertz CT molecular complexity index is 1260. The number of anilines is 2. The third kappa shape index (κ3) is 2.93. The van der Waals surface area contributed by atoms with E-state index in [-0.39, 0.29) is 6.01 Å². The van der Waals surface area contributed by atoms with Crippen molar-refractivity contribution in [3.8, 4) is 5.69 Å². The number of rotatable bonds is 4. The molecule has 8 heteroatoms. The summed E-state index contributed by atoms with van der Waals surface area (Å²) in [6, 6.07) is 13.5. The number of benzene rings is 2. The second-order valence-electron chi connectivity index (χ2n) is 6.85. The molecule has 0 amide bonds. The summed E-state index contributed by atoms with van der Waals surface area (Å²) in [7, 11) is 0. The van der Waals surface area contributed by atoms with Crippen LogP contribution in [-0.2, 0) is 0 Å². The second-order valence-corrected chi connectivity index (χ2v) is 7.26. The quantitative estimate of drug-likeness (QED) is 0.554. The molecule has 1 fully saturated rings. The molecule has 0 atom stereocenters.